The highest BCUT2D eigenvalue weighted by Crippen LogP contribution is 2.27. The lowest BCUT2D eigenvalue weighted by Gasteiger charge is -2.18. The zero-order valence-electron chi connectivity index (χ0n) is 12.4. The summed E-state index contributed by atoms with van der Waals surface area (Å²) < 4.78 is 13.9. The van der Waals surface area contributed by atoms with Crippen LogP contribution in [0.2, 0.25) is 4.34 Å². The maximum absolute atomic E-state index is 13.1. The van der Waals surface area contributed by atoms with Gasteiger partial charge in [0.1, 0.15) is 5.82 Å². The summed E-state index contributed by atoms with van der Waals surface area (Å²) in [4.78, 5) is 1.26. The molecular weight excluding hydrogens is 305 g/mol. The Balaban J connectivity index is 2.07. The van der Waals surface area contributed by atoms with Crippen molar-refractivity contribution in [2.24, 2.45) is 5.92 Å². The average molecular weight is 326 g/mol. The number of hydrogen-bond acceptors (Lipinski definition) is 2. The first-order valence-electron chi connectivity index (χ1n) is 7.25. The van der Waals surface area contributed by atoms with E-state index in [0.29, 0.717) is 11.8 Å². The van der Waals surface area contributed by atoms with E-state index in [9.17, 15) is 4.39 Å². The fourth-order valence-electron chi connectivity index (χ4n) is 2.29. The molecule has 114 valence electrons. The molecule has 4 heteroatoms. The summed E-state index contributed by atoms with van der Waals surface area (Å²) >= 11 is 7.63. The van der Waals surface area contributed by atoms with Crippen LogP contribution in [-0.2, 0) is 6.42 Å². The van der Waals surface area contributed by atoms with Crippen LogP contribution in [0.3, 0.4) is 0 Å². The number of rotatable bonds is 7. The van der Waals surface area contributed by atoms with Gasteiger partial charge in [0.05, 0.1) is 4.34 Å². The van der Waals surface area contributed by atoms with E-state index in [1.54, 1.807) is 11.3 Å². The van der Waals surface area contributed by atoms with Gasteiger partial charge in [-0.3, -0.25) is 0 Å². The van der Waals surface area contributed by atoms with E-state index in [1.807, 2.05) is 18.2 Å². The van der Waals surface area contributed by atoms with E-state index in [2.05, 4.69) is 25.2 Å². The second-order valence-corrected chi connectivity index (χ2v) is 7.51. The van der Waals surface area contributed by atoms with E-state index < -0.39 is 0 Å². The van der Waals surface area contributed by atoms with Gasteiger partial charge in [-0.1, -0.05) is 37.6 Å². The molecule has 1 heterocycles. The first kappa shape index (κ1) is 16.5. The minimum atomic E-state index is -0.188. The molecule has 0 saturated carbocycles. The third-order valence-corrected chi connectivity index (χ3v) is 4.61. The molecule has 0 amide bonds. The summed E-state index contributed by atoms with van der Waals surface area (Å²) in [5.41, 5.74) is 1.16. The molecule has 2 aromatic rings. The van der Waals surface area contributed by atoms with E-state index >= 15 is 0 Å². The van der Waals surface area contributed by atoms with Crippen LogP contribution >= 0.6 is 22.9 Å². The summed E-state index contributed by atoms with van der Waals surface area (Å²) in [6.07, 6.45) is 0.925. The summed E-state index contributed by atoms with van der Waals surface area (Å²) in [6.45, 7) is 6.26. The van der Waals surface area contributed by atoms with Gasteiger partial charge < -0.3 is 5.32 Å². The van der Waals surface area contributed by atoms with Crippen LogP contribution in [0.1, 0.15) is 30.2 Å². The molecule has 0 aliphatic carbocycles. The van der Waals surface area contributed by atoms with E-state index in [-0.39, 0.29) is 5.82 Å². The number of halogens is 2. The van der Waals surface area contributed by atoms with Crippen molar-refractivity contribution in [2.45, 2.75) is 26.2 Å². The molecule has 0 aliphatic heterocycles. The van der Waals surface area contributed by atoms with Gasteiger partial charge in [-0.15, -0.1) is 11.3 Å². The predicted octanol–water partition coefficient (Wildman–Crippen LogP) is 5.11. The zero-order valence-corrected chi connectivity index (χ0v) is 14.0. The molecule has 0 aliphatic rings. The second-order valence-electron chi connectivity index (χ2n) is 5.71. The molecule has 1 N–H and O–H groups in total. The monoisotopic (exact) mass is 325 g/mol. The fraction of sp³-hybridized carbons (Fsp3) is 0.412. The van der Waals surface area contributed by atoms with Gasteiger partial charge in [-0.2, -0.15) is 0 Å². The minimum Gasteiger partial charge on any atom is -0.316 e. The van der Waals surface area contributed by atoms with Crippen molar-refractivity contribution >= 4 is 22.9 Å². The highest BCUT2D eigenvalue weighted by Gasteiger charge is 2.14. The van der Waals surface area contributed by atoms with Gasteiger partial charge in [0.25, 0.3) is 0 Å². The van der Waals surface area contributed by atoms with Crippen molar-refractivity contribution in [2.75, 3.05) is 13.1 Å². The van der Waals surface area contributed by atoms with Gasteiger partial charge in [0.15, 0.2) is 0 Å². The van der Waals surface area contributed by atoms with Crippen LogP contribution in [0.5, 0.6) is 0 Å². The first-order chi connectivity index (χ1) is 10.0. The van der Waals surface area contributed by atoms with Crippen molar-refractivity contribution < 1.29 is 4.39 Å². The highest BCUT2D eigenvalue weighted by molar-refractivity contribution is 7.16. The van der Waals surface area contributed by atoms with Crippen LogP contribution in [0.25, 0.3) is 0 Å². The van der Waals surface area contributed by atoms with Gasteiger partial charge in [0, 0.05) is 17.3 Å². The largest absolute Gasteiger partial charge is 0.316 e. The second kappa shape index (κ2) is 7.92. The molecule has 1 nitrogen and oxygen atoms in total. The van der Waals surface area contributed by atoms with Crippen LogP contribution in [0.4, 0.5) is 4.39 Å². The Morgan fingerprint density at radius 3 is 2.38 bits per heavy atom. The number of hydrogen-bond donors (Lipinski definition) is 1. The lowest BCUT2D eigenvalue weighted by molar-refractivity contribution is 0.514. The summed E-state index contributed by atoms with van der Waals surface area (Å²) in [5, 5.41) is 3.50. The molecule has 1 aromatic heterocycles. The highest BCUT2D eigenvalue weighted by atomic mass is 35.5. The topological polar surface area (TPSA) is 12.0 Å². The fourth-order valence-corrected chi connectivity index (χ4v) is 3.46. The average Bonchev–Trinajstić information content (AvgIpc) is 2.84. The Morgan fingerprint density at radius 2 is 1.81 bits per heavy atom. The van der Waals surface area contributed by atoms with Crippen LogP contribution in [-0.4, -0.2) is 13.1 Å². The van der Waals surface area contributed by atoms with Crippen molar-refractivity contribution in [3.8, 4) is 0 Å². The summed E-state index contributed by atoms with van der Waals surface area (Å²) in [7, 11) is 0. The van der Waals surface area contributed by atoms with E-state index in [4.69, 9.17) is 11.6 Å². The minimum absolute atomic E-state index is 0.188. The predicted molar refractivity (Wildman–Crippen MR) is 89.9 cm³/mol. The molecule has 0 radical (unpaired) electrons. The molecule has 0 saturated heterocycles. The molecular formula is C17H21ClFNS. The number of nitrogens with one attached hydrogen (secondary N) is 1. The van der Waals surface area contributed by atoms with Gasteiger partial charge in [-0.05, 0) is 48.7 Å². The quantitative estimate of drug-likeness (QED) is 0.745. The van der Waals surface area contributed by atoms with Crippen LogP contribution in [0, 0.1) is 11.7 Å². The maximum Gasteiger partial charge on any atom is 0.123 e. The van der Waals surface area contributed by atoms with Crippen LogP contribution in [0.15, 0.2) is 36.4 Å². The zero-order chi connectivity index (χ0) is 15.2. The van der Waals surface area contributed by atoms with Gasteiger partial charge in [-0.25, -0.2) is 4.39 Å². The Morgan fingerprint density at radius 1 is 1.10 bits per heavy atom. The van der Waals surface area contributed by atoms with Crippen LogP contribution < -0.4 is 5.32 Å². The third-order valence-electron chi connectivity index (χ3n) is 3.36. The van der Waals surface area contributed by atoms with Crippen molar-refractivity contribution in [1.82, 2.24) is 5.32 Å². The Labute approximate surface area is 135 Å². The molecule has 2 rings (SSSR count). The Bertz CT molecular complexity index is 550. The normalized spacial score (nSPS) is 12.8. The number of thiophene rings is 1. The summed E-state index contributed by atoms with van der Waals surface area (Å²) in [5.74, 6) is 0.765. The first-order valence-corrected chi connectivity index (χ1v) is 8.44. The maximum atomic E-state index is 13.1. The lowest BCUT2D eigenvalue weighted by Crippen LogP contribution is -2.26. The molecule has 0 bridgehead atoms. The van der Waals surface area contributed by atoms with Crippen molar-refractivity contribution in [3.63, 3.8) is 0 Å². The Kier molecular flexibility index (Phi) is 6.22. The molecule has 1 atom stereocenters. The third kappa shape index (κ3) is 5.42. The van der Waals surface area contributed by atoms with E-state index in [0.717, 1.165) is 29.4 Å². The molecule has 0 fully saturated rings. The number of benzene rings is 1. The standard InChI is InChI=1S/C17H21ClFNS/c1-12(2)10-20-11-14(9-16-7-8-17(18)21-16)13-3-5-15(19)6-4-13/h3-8,12,14,20H,9-11H2,1-2H3. The Hall–Kier alpha value is -0.900. The molecule has 1 unspecified atom stereocenters. The molecule has 1 aromatic carbocycles. The van der Waals surface area contributed by atoms with Gasteiger partial charge >= 0.3 is 0 Å². The molecule has 0 spiro atoms. The SMILES string of the molecule is CC(C)CNCC(Cc1ccc(Cl)s1)c1ccc(F)cc1. The lowest BCUT2D eigenvalue weighted by atomic mass is 9.94. The van der Waals surface area contributed by atoms with E-state index in [1.165, 1.54) is 17.0 Å². The van der Waals surface area contributed by atoms with Gasteiger partial charge in [0.2, 0.25) is 0 Å². The van der Waals surface area contributed by atoms with Crippen molar-refractivity contribution in [3.05, 3.63) is 57.0 Å². The molecule has 21 heavy (non-hydrogen) atoms. The smallest absolute Gasteiger partial charge is 0.123 e. The summed E-state index contributed by atoms with van der Waals surface area (Å²) in [6, 6.07) is 10.8. The van der Waals surface area contributed by atoms with Crippen molar-refractivity contribution in [1.29, 1.82) is 0 Å².